The second-order valence-electron chi connectivity index (χ2n) is 8.18. The number of likely N-dealkylation sites (tertiary alicyclic amines) is 1. The lowest BCUT2D eigenvalue weighted by molar-refractivity contribution is 0.256. The van der Waals surface area contributed by atoms with Crippen molar-refractivity contribution in [3.8, 4) is 11.5 Å². The van der Waals surface area contributed by atoms with Gasteiger partial charge in [-0.1, -0.05) is 53.2 Å². The lowest BCUT2D eigenvalue weighted by Crippen LogP contribution is -2.29. The fourth-order valence-corrected chi connectivity index (χ4v) is 4.46. The summed E-state index contributed by atoms with van der Waals surface area (Å²) in [5.74, 6) is 1.85. The minimum atomic E-state index is 0.569. The highest BCUT2D eigenvalue weighted by Gasteiger charge is 2.20. The van der Waals surface area contributed by atoms with Crippen LogP contribution in [0.4, 0.5) is 0 Å². The van der Waals surface area contributed by atoms with Crippen LogP contribution in [0.2, 0.25) is 5.02 Å². The molecule has 0 atom stereocenters. The Morgan fingerprint density at radius 2 is 1.83 bits per heavy atom. The van der Waals surface area contributed by atoms with Gasteiger partial charge in [-0.15, -0.1) is 0 Å². The van der Waals surface area contributed by atoms with E-state index in [0.717, 1.165) is 29.2 Å². The number of piperidine rings is 1. The van der Waals surface area contributed by atoms with Crippen molar-refractivity contribution < 1.29 is 4.52 Å². The fourth-order valence-electron chi connectivity index (χ4n) is 4.33. The number of benzene rings is 3. The van der Waals surface area contributed by atoms with Gasteiger partial charge in [0.2, 0.25) is 0 Å². The molecule has 2 heterocycles. The van der Waals surface area contributed by atoms with Gasteiger partial charge in [0.25, 0.3) is 5.89 Å². The summed E-state index contributed by atoms with van der Waals surface area (Å²) in [7, 11) is 2.20. The summed E-state index contributed by atoms with van der Waals surface area (Å²) in [5, 5.41) is 7.47. The molecule has 0 unspecified atom stereocenters. The van der Waals surface area contributed by atoms with Crippen LogP contribution >= 0.6 is 11.6 Å². The Hall–Kier alpha value is -2.69. The summed E-state index contributed by atoms with van der Waals surface area (Å²) in [5.41, 5.74) is 3.51. The molecule has 0 radical (unpaired) electrons. The second-order valence-corrected chi connectivity index (χ2v) is 8.62. The number of hydrogen-bond acceptors (Lipinski definition) is 4. The van der Waals surface area contributed by atoms with E-state index in [1.54, 1.807) is 0 Å². The van der Waals surface area contributed by atoms with E-state index in [9.17, 15) is 0 Å². The average Bonchev–Trinajstić information content (AvgIpc) is 3.24. The quantitative estimate of drug-likeness (QED) is 0.412. The minimum absolute atomic E-state index is 0.569. The van der Waals surface area contributed by atoms with E-state index >= 15 is 0 Å². The zero-order chi connectivity index (χ0) is 20.5. The third kappa shape index (κ3) is 3.98. The molecule has 0 saturated carbocycles. The Balaban J connectivity index is 1.44. The van der Waals surface area contributed by atoms with Gasteiger partial charge in [-0.3, -0.25) is 0 Å². The third-order valence-corrected chi connectivity index (χ3v) is 6.32. The first kappa shape index (κ1) is 19.3. The maximum absolute atomic E-state index is 5.97. The summed E-state index contributed by atoms with van der Waals surface area (Å²) in [6.45, 7) is 2.30. The van der Waals surface area contributed by atoms with Gasteiger partial charge >= 0.3 is 0 Å². The summed E-state index contributed by atoms with van der Waals surface area (Å²) < 4.78 is 5.60. The van der Waals surface area contributed by atoms with Crippen molar-refractivity contribution >= 4 is 22.4 Å². The molecule has 1 aromatic heterocycles. The highest BCUT2D eigenvalue weighted by atomic mass is 35.5. The first-order chi connectivity index (χ1) is 14.7. The van der Waals surface area contributed by atoms with Crippen LogP contribution in [0, 0.1) is 0 Å². The van der Waals surface area contributed by atoms with Gasteiger partial charge < -0.3 is 9.42 Å². The Kier molecular flexibility index (Phi) is 5.28. The van der Waals surface area contributed by atoms with E-state index in [4.69, 9.17) is 16.1 Å². The number of rotatable bonds is 4. The van der Waals surface area contributed by atoms with E-state index in [2.05, 4.69) is 58.5 Å². The van der Waals surface area contributed by atoms with Crippen molar-refractivity contribution in [3.05, 3.63) is 82.6 Å². The molecule has 30 heavy (non-hydrogen) atoms. The summed E-state index contributed by atoms with van der Waals surface area (Å²) in [6.07, 6.45) is 3.02. The maximum atomic E-state index is 5.97. The number of fused-ring (bicyclic) bond motifs is 1. The lowest BCUT2D eigenvalue weighted by Gasteiger charge is -2.30. The van der Waals surface area contributed by atoms with Crippen LogP contribution in [0.3, 0.4) is 0 Å². The molecule has 4 nitrogen and oxygen atoms in total. The first-order valence-electron chi connectivity index (χ1n) is 10.4. The monoisotopic (exact) mass is 417 g/mol. The van der Waals surface area contributed by atoms with Crippen LogP contribution < -0.4 is 0 Å². The number of hydrogen-bond donors (Lipinski definition) is 0. The van der Waals surface area contributed by atoms with Crippen molar-refractivity contribution in [1.82, 2.24) is 15.0 Å². The number of nitrogens with zero attached hydrogens (tertiary/aromatic N) is 3. The Labute approximate surface area is 181 Å². The van der Waals surface area contributed by atoms with Gasteiger partial charge in [-0.05, 0) is 85.1 Å². The normalized spacial score (nSPS) is 15.7. The third-order valence-electron chi connectivity index (χ3n) is 6.06. The Morgan fingerprint density at radius 3 is 2.63 bits per heavy atom. The molecule has 3 aromatic carbocycles. The van der Waals surface area contributed by atoms with Crippen LogP contribution in [-0.2, 0) is 6.42 Å². The van der Waals surface area contributed by atoms with Crippen LogP contribution in [0.25, 0.3) is 22.2 Å². The molecule has 5 rings (SSSR count). The number of halogens is 1. The van der Waals surface area contributed by atoms with Gasteiger partial charge in [-0.25, -0.2) is 0 Å². The van der Waals surface area contributed by atoms with Crippen molar-refractivity contribution in [2.24, 2.45) is 0 Å². The molecule has 0 N–H and O–H groups in total. The Bertz CT molecular complexity index is 1160. The van der Waals surface area contributed by atoms with Crippen molar-refractivity contribution in [2.45, 2.75) is 25.2 Å². The molecule has 1 aliphatic heterocycles. The lowest BCUT2D eigenvalue weighted by atomic mass is 9.86. The average molecular weight is 418 g/mol. The van der Waals surface area contributed by atoms with Crippen molar-refractivity contribution in [3.63, 3.8) is 0 Å². The van der Waals surface area contributed by atoms with Crippen LogP contribution in [0.5, 0.6) is 0 Å². The summed E-state index contributed by atoms with van der Waals surface area (Å²) in [4.78, 5) is 7.05. The molecule has 0 spiro atoms. The molecular weight excluding hydrogens is 394 g/mol. The highest BCUT2D eigenvalue weighted by Crippen LogP contribution is 2.34. The van der Waals surface area contributed by atoms with Crippen LogP contribution in [-0.4, -0.2) is 35.2 Å². The van der Waals surface area contributed by atoms with E-state index < -0.39 is 0 Å². The van der Waals surface area contributed by atoms with Crippen LogP contribution in [0.15, 0.2) is 65.2 Å². The van der Waals surface area contributed by atoms with Gasteiger partial charge in [-0.2, -0.15) is 4.98 Å². The van der Waals surface area contributed by atoms with Crippen molar-refractivity contribution in [1.29, 1.82) is 0 Å². The highest BCUT2D eigenvalue weighted by molar-refractivity contribution is 6.30. The van der Waals surface area contributed by atoms with Gasteiger partial charge in [0, 0.05) is 17.0 Å². The minimum Gasteiger partial charge on any atom is -0.334 e. The predicted molar refractivity (Wildman–Crippen MR) is 121 cm³/mol. The van der Waals surface area contributed by atoms with E-state index in [-0.39, 0.29) is 0 Å². The maximum Gasteiger partial charge on any atom is 0.257 e. The summed E-state index contributed by atoms with van der Waals surface area (Å²) >= 11 is 5.97. The van der Waals surface area contributed by atoms with Crippen molar-refractivity contribution in [2.75, 3.05) is 20.1 Å². The van der Waals surface area contributed by atoms with E-state index in [1.165, 1.54) is 29.2 Å². The smallest absolute Gasteiger partial charge is 0.257 e. The molecule has 0 bridgehead atoms. The molecular formula is C25H24ClN3O. The first-order valence-corrected chi connectivity index (χ1v) is 10.8. The molecule has 1 aliphatic rings. The van der Waals surface area contributed by atoms with Gasteiger partial charge in [0.05, 0.1) is 0 Å². The molecule has 0 aliphatic carbocycles. The van der Waals surface area contributed by atoms with Gasteiger partial charge in [0.1, 0.15) is 0 Å². The molecule has 4 aromatic rings. The van der Waals surface area contributed by atoms with E-state index in [1.807, 2.05) is 24.3 Å². The molecule has 1 fully saturated rings. The SMILES string of the molecule is CN1CCC(c2cccc3ccc(-c4nc(Cc5ccc(Cl)cc5)no4)cc23)CC1. The van der Waals surface area contributed by atoms with Gasteiger partial charge in [0.15, 0.2) is 5.82 Å². The zero-order valence-corrected chi connectivity index (χ0v) is 17.8. The standard InChI is InChI=1S/C25H24ClN3O/c1-29-13-11-19(12-14-29)22-4-2-3-18-7-8-20(16-23(18)22)25-27-24(28-30-25)15-17-5-9-21(26)10-6-17/h2-10,16,19H,11-15H2,1H3. The molecule has 1 saturated heterocycles. The topological polar surface area (TPSA) is 42.2 Å². The Morgan fingerprint density at radius 1 is 1.03 bits per heavy atom. The molecule has 5 heteroatoms. The number of aromatic nitrogens is 2. The fraction of sp³-hybridized carbons (Fsp3) is 0.280. The predicted octanol–water partition coefficient (Wildman–Crippen LogP) is 5.94. The molecule has 152 valence electrons. The summed E-state index contributed by atoms with van der Waals surface area (Å²) in [6, 6.07) is 20.8. The zero-order valence-electron chi connectivity index (χ0n) is 17.0. The van der Waals surface area contributed by atoms with E-state index in [0.29, 0.717) is 24.1 Å². The van der Waals surface area contributed by atoms with Crippen LogP contribution in [0.1, 0.15) is 35.7 Å². The second kappa shape index (κ2) is 8.21. The largest absolute Gasteiger partial charge is 0.334 e. The molecule has 0 amide bonds.